The zero-order valence-electron chi connectivity index (χ0n) is 14.6. The van der Waals surface area contributed by atoms with Crippen LogP contribution in [-0.2, 0) is 11.3 Å². The number of aromatic nitrogens is 2. The van der Waals surface area contributed by atoms with Crippen molar-refractivity contribution in [2.24, 2.45) is 0 Å². The number of nitrogens with zero attached hydrogens (tertiary/aromatic N) is 3. The predicted octanol–water partition coefficient (Wildman–Crippen LogP) is 2.78. The van der Waals surface area contributed by atoms with E-state index in [1.54, 1.807) is 11.6 Å². The minimum Gasteiger partial charge on any atom is -0.302 e. The molecule has 2 aromatic rings. The summed E-state index contributed by atoms with van der Waals surface area (Å²) in [6.45, 7) is 9.42. The molecule has 0 spiro atoms. The molecule has 0 bridgehead atoms. The van der Waals surface area contributed by atoms with Gasteiger partial charge in [0.1, 0.15) is 5.65 Å². The van der Waals surface area contributed by atoms with Gasteiger partial charge >= 0.3 is 0 Å². The van der Waals surface area contributed by atoms with Crippen LogP contribution >= 0.6 is 0 Å². The monoisotopic (exact) mass is 330 g/mol. The van der Waals surface area contributed by atoms with Gasteiger partial charge < -0.3 is 4.40 Å². The molecular weight excluding hydrogens is 304 g/mol. The second-order valence-electron chi connectivity index (χ2n) is 5.86. The molecule has 0 aliphatic rings. The van der Waals surface area contributed by atoms with Crippen LogP contribution in [-0.4, -0.2) is 38.5 Å². The molecule has 0 aromatic carbocycles. The number of fused-ring (bicyclic) bond motifs is 1. The number of unbranched alkanes of at least 4 members (excludes halogenated alkanes) is 1. The lowest BCUT2D eigenvalue weighted by atomic mass is 10.2. The van der Waals surface area contributed by atoms with Gasteiger partial charge in [0, 0.05) is 18.8 Å². The van der Waals surface area contributed by atoms with E-state index in [4.69, 9.17) is 5.21 Å². The van der Waals surface area contributed by atoms with Crippen LogP contribution in [0.15, 0.2) is 24.4 Å². The Hall–Kier alpha value is -2.18. The third kappa shape index (κ3) is 4.43. The van der Waals surface area contributed by atoms with Gasteiger partial charge in [-0.15, -0.1) is 0 Å². The van der Waals surface area contributed by atoms with Crippen molar-refractivity contribution in [2.45, 2.75) is 40.2 Å². The van der Waals surface area contributed by atoms with Crippen molar-refractivity contribution in [1.82, 2.24) is 19.8 Å². The van der Waals surface area contributed by atoms with Crippen LogP contribution in [0.1, 0.15) is 43.6 Å². The SMILES string of the molecule is CCCCN(CC)Cc1c(C)nc2cc(C=CC(=O)NO)ccn12. The molecule has 0 saturated carbocycles. The number of hydrogen-bond donors (Lipinski definition) is 2. The number of amides is 1. The van der Waals surface area contributed by atoms with E-state index in [-0.39, 0.29) is 0 Å². The minimum absolute atomic E-state index is 0.551. The fourth-order valence-electron chi connectivity index (χ4n) is 2.67. The number of pyridine rings is 1. The topological polar surface area (TPSA) is 69.9 Å². The summed E-state index contributed by atoms with van der Waals surface area (Å²) < 4.78 is 2.10. The van der Waals surface area contributed by atoms with Crippen LogP contribution in [0.2, 0.25) is 0 Å². The number of imidazole rings is 1. The van der Waals surface area contributed by atoms with E-state index >= 15 is 0 Å². The number of aryl methyl sites for hydroxylation is 1. The van der Waals surface area contributed by atoms with E-state index in [1.165, 1.54) is 24.6 Å². The molecule has 130 valence electrons. The van der Waals surface area contributed by atoms with Crippen LogP contribution < -0.4 is 5.48 Å². The first-order valence-electron chi connectivity index (χ1n) is 8.41. The Morgan fingerprint density at radius 3 is 2.92 bits per heavy atom. The molecule has 2 aromatic heterocycles. The molecule has 6 nitrogen and oxygen atoms in total. The van der Waals surface area contributed by atoms with Gasteiger partial charge in [-0.25, -0.2) is 10.5 Å². The van der Waals surface area contributed by atoms with Gasteiger partial charge in [-0.05, 0) is 50.2 Å². The summed E-state index contributed by atoms with van der Waals surface area (Å²) in [7, 11) is 0. The van der Waals surface area contributed by atoms with Gasteiger partial charge in [-0.1, -0.05) is 20.3 Å². The fraction of sp³-hybridized carbons (Fsp3) is 0.444. The predicted molar refractivity (Wildman–Crippen MR) is 94.8 cm³/mol. The molecule has 2 heterocycles. The van der Waals surface area contributed by atoms with Crippen molar-refractivity contribution in [1.29, 1.82) is 0 Å². The Labute approximate surface area is 142 Å². The maximum absolute atomic E-state index is 11.1. The summed E-state index contributed by atoms with van der Waals surface area (Å²) in [5.41, 5.74) is 5.53. The number of rotatable bonds is 8. The largest absolute Gasteiger partial charge is 0.302 e. The normalized spacial score (nSPS) is 11.7. The molecule has 1 amide bonds. The van der Waals surface area contributed by atoms with Crippen LogP contribution in [0.4, 0.5) is 0 Å². The van der Waals surface area contributed by atoms with Gasteiger partial charge in [0.2, 0.25) is 0 Å². The van der Waals surface area contributed by atoms with Crippen molar-refractivity contribution in [3.8, 4) is 0 Å². The smallest absolute Gasteiger partial charge is 0.267 e. The van der Waals surface area contributed by atoms with E-state index in [1.807, 2.05) is 25.3 Å². The average Bonchev–Trinajstić information content (AvgIpc) is 2.90. The van der Waals surface area contributed by atoms with Gasteiger partial charge in [0.15, 0.2) is 0 Å². The van der Waals surface area contributed by atoms with Crippen LogP contribution in [0, 0.1) is 6.92 Å². The van der Waals surface area contributed by atoms with E-state index in [2.05, 4.69) is 28.1 Å². The molecule has 0 saturated heterocycles. The zero-order valence-corrected chi connectivity index (χ0v) is 14.6. The fourth-order valence-corrected chi connectivity index (χ4v) is 2.67. The van der Waals surface area contributed by atoms with Crippen LogP contribution in [0.25, 0.3) is 11.7 Å². The summed E-state index contributed by atoms with van der Waals surface area (Å²) in [5, 5.41) is 8.52. The number of nitrogens with one attached hydrogen (secondary N) is 1. The highest BCUT2D eigenvalue weighted by Gasteiger charge is 2.12. The van der Waals surface area contributed by atoms with Crippen molar-refractivity contribution in [3.63, 3.8) is 0 Å². The maximum Gasteiger partial charge on any atom is 0.267 e. The van der Waals surface area contributed by atoms with Crippen molar-refractivity contribution < 1.29 is 10.0 Å². The van der Waals surface area contributed by atoms with Crippen LogP contribution in [0.3, 0.4) is 0 Å². The Kier molecular flexibility index (Phi) is 6.52. The molecular formula is C18H26N4O2. The highest BCUT2D eigenvalue weighted by atomic mass is 16.5. The lowest BCUT2D eigenvalue weighted by Crippen LogP contribution is -2.25. The van der Waals surface area contributed by atoms with E-state index in [0.29, 0.717) is 0 Å². The molecule has 2 N–H and O–H groups in total. The minimum atomic E-state index is -0.551. The Morgan fingerprint density at radius 1 is 1.46 bits per heavy atom. The molecule has 0 fully saturated rings. The first kappa shape index (κ1) is 18.2. The molecule has 0 atom stereocenters. The molecule has 2 rings (SSSR count). The van der Waals surface area contributed by atoms with Crippen molar-refractivity contribution >= 4 is 17.6 Å². The summed E-state index contributed by atoms with van der Waals surface area (Å²) in [5.74, 6) is -0.551. The lowest BCUT2D eigenvalue weighted by Gasteiger charge is -2.20. The third-order valence-electron chi connectivity index (χ3n) is 4.14. The number of carbonyl (C=O) groups is 1. The molecule has 0 unspecified atom stereocenters. The Morgan fingerprint density at radius 2 is 2.25 bits per heavy atom. The van der Waals surface area contributed by atoms with Gasteiger partial charge in [-0.2, -0.15) is 0 Å². The first-order chi connectivity index (χ1) is 11.6. The van der Waals surface area contributed by atoms with Gasteiger partial charge in [0.25, 0.3) is 5.91 Å². The highest BCUT2D eigenvalue weighted by Crippen LogP contribution is 2.17. The number of hydroxylamine groups is 1. The first-order valence-corrected chi connectivity index (χ1v) is 8.41. The van der Waals surface area contributed by atoms with E-state index in [9.17, 15) is 4.79 Å². The highest BCUT2D eigenvalue weighted by molar-refractivity contribution is 5.90. The van der Waals surface area contributed by atoms with Crippen LogP contribution in [0.5, 0.6) is 0 Å². The average molecular weight is 330 g/mol. The molecule has 24 heavy (non-hydrogen) atoms. The Balaban J connectivity index is 2.24. The Bertz CT molecular complexity index is 721. The third-order valence-corrected chi connectivity index (χ3v) is 4.14. The van der Waals surface area contributed by atoms with E-state index in [0.717, 1.165) is 36.5 Å². The lowest BCUT2D eigenvalue weighted by molar-refractivity contribution is -0.124. The molecule has 0 radical (unpaired) electrons. The van der Waals surface area contributed by atoms with Gasteiger partial charge in [0.05, 0.1) is 11.4 Å². The summed E-state index contributed by atoms with van der Waals surface area (Å²) in [4.78, 5) is 18.1. The molecule has 6 heteroatoms. The second-order valence-corrected chi connectivity index (χ2v) is 5.86. The van der Waals surface area contributed by atoms with E-state index < -0.39 is 5.91 Å². The maximum atomic E-state index is 11.1. The number of hydrogen-bond acceptors (Lipinski definition) is 4. The summed E-state index contributed by atoms with van der Waals surface area (Å²) in [6.07, 6.45) is 7.31. The number of carbonyl (C=O) groups excluding carboxylic acids is 1. The van der Waals surface area contributed by atoms with Crippen molar-refractivity contribution in [3.05, 3.63) is 41.4 Å². The van der Waals surface area contributed by atoms with Crippen molar-refractivity contribution in [2.75, 3.05) is 13.1 Å². The standard InChI is InChI=1S/C18H26N4O2/c1-4-6-10-21(5-2)13-16-14(3)19-17-12-15(9-11-22(16)17)7-8-18(23)20-24/h7-9,11-12,24H,4-6,10,13H2,1-3H3,(H,20,23). The van der Waals surface area contributed by atoms with Gasteiger partial charge in [-0.3, -0.25) is 14.9 Å². The molecule has 0 aliphatic heterocycles. The molecule has 0 aliphatic carbocycles. The zero-order chi connectivity index (χ0) is 17.5. The summed E-state index contributed by atoms with van der Waals surface area (Å²) in [6, 6.07) is 3.86. The second kappa shape index (κ2) is 8.61. The summed E-state index contributed by atoms with van der Waals surface area (Å²) >= 11 is 0. The quantitative estimate of drug-likeness (QED) is 0.444.